The minimum absolute atomic E-state index is 0.377. The van der Waals surface area contributed by atoms with Crippen LogP contribution in [0.3, 0.4) is 0 Å². The van der Waals surface area contributed by atoms with E-state index < -0.39 is 0 Å². The Labute approximate surface area is 157 Å². The molecule has 8 heteroatoms. The molecule has 0 unspecified atom stereocenters. The van der Waals surface area contributed by atoms with Crippen LogP contribution in [0.25, 0.3) is 5.65 Å². The third-order valence-electron chi connectivity index (χ3n) is 3.53. The zero-order chi connectivity index (χ0) is 18.0. The van der Waals surface area contributed by atoms with Gasteiger partial charge in [-0.3, -0.25) is 9.20 Å². The maximum atomic E-state index is 12.5. The highest BCUT2D eigenvalue weighted by atomic mass is 79.9. The second-order valence-electron chi connectivity index (χ2n) is 5.21. The molecule has 3 aromatic rings. The number of halogens is 2. The molecule has 1 amide bonds. The highest BCUT2D eigenvalue weighted by Gasteiger charge is 2.16. The molecule has 6 nitrogen and oxygen atoms in total. The summed E-state index contributed by atoms with van der Waals surface area (Å²) in [4.78, 5) is 16.8. The van der Waals surface area contributed by atoms with Crippen LogP contribution >= 0.6 is 27.5 Å². The van der Waals surface area contributed by atoms with Crippen LogP contribution in [0.1, 0.15) is 21.7 Å². The third-order valence-corrected chi connectivity index (χ3v) is 4.25. The van der Waals surface area contributed by atoms with Crippen molar-refractivity contribution in [1.29, 1.82) is 0 Å². The van der Waals surface area contributed by atoms with Crippen molar-refractivity contribution in [3.63, 3.8) is 0 Å². The van der Waals surface area contributed by atoms with Crippen molar-refractivity contribution in [2.24, 2.45) is 5.10 Å². The van der Waals surface area contributed by atoms with Crippen LogP contribution in [-0.2, 0) is 0 Å². The molecule has 2 heterocycles. The number of carbonyl (C=O) groups is 1. The SMILES string of the molecule is COc1ccc(Br)cc1/C=N/NC(=O)c1c(C)nc2ccc(Cl)cn12. The Bertz CT molecular complexity index is 984. The van der Waals surface area contributed by atoms with Crippen molar-refractivity contribution in [2.45, 2.75) is 6.92 Å². The molecule has 0 saturated carbocycles. The van der Waals surface area contributed by atoms with E-state index >= 15 is 0 Å². The number of nitrogens with zero attached hydrogens (tertiary/aromatic N) is 3. The molecule has 1 N–H and O–H groups in total. The quantitative estimate of drug-likeness (QED) is 0.514. The Hall–Kier alpha value is -2.38. The maximum absolute atomic E-state index is 12.5. The number of pyridine rings is 1. The van der Waals surface area contributed by atoms with Gasteiger partial charge in [-0.25, -0.2) is 10.4 Å². The molecule has 0 fully saturated rings. The summed E-state index contributed by atoms with van der Waals surface area (Å²) in [5, 5.41) is 4.53. The minimum Gasteiger partial charge on any atom is -0.496 e. The third kappa shape index (κ3) is 3.67. The smallest absolute Gasteiger partial charge is 0.290 e. The van der Waals surface area contributed by atoms with Gasteiger partial charge in [-0.1, -0.05) is 27.5 Å². The number of hydrogen-bond donors (Lipinski definition) is 1. The van der Waals surface area contributed by atoms with Gasteiger partial charge >= 0.3 is 0 Å². The predicted molar refractivity (Wildman–Crippen MR) is 101 cm³/mol. The number of carbonyl (C=O) groups excluding carboxylic acids is 1. The molecule has 128 valence electrons. The van der Waals surface area contributed by atoms with E-state index in [1.165, 1.54) is 6.21 Å². The Morgan fingerprint density at radius 3 is 2.96 bits per heavy atom. The zero-order valence-electron chi connectivity index (χ0n) is 13.5. The fourth-order valence-electron chi connectivity index (χ4n) is 2.43. The lowest BCUT2D eigenvalue weighted by atomic mass is 10.2. The van der Waals surface area contributed by atoms with Crippen molar-refractivity contribution < 1.29 is 9.53 Å². The van der Waals surface area contributed by atoms with Gasteiger partial charge in [-0.05, 0) is 37.3 Å². The van der Waals surface area contributed by atoms with Crippen LogP contribution in [-0.4, -0.2) is 28.6 Å². The summed E-state index contributed by atoms with van der Waals surface area (Å²) in [6.45, 7) is 1.76. The molecule has 0 radical (unpaired) electrons. The number of ether oxygens (including phenoxy) is 1. The fraction of sp³-hybridized carbons (Fsp3) is 0.118. The Morgan fingerprint density at radius 1 is 1.40 bits per heavy atom. The number of hydrogen-bond acceptors (Lipinski definition) is 4. The standard InChI is InChI=1S/C17H14BrClN4O2/c1-10-16(23-9-13(19)4-6-15(23)21-10)17(24)22-20-8-11-7-12(18)3-5-14(11)25-2/h3-9H,1-2H3,(H,22,24)/b20-8+. The van der Waals surface area contributed by atoms with Crippen molar-refractivity contribution >= 4 is 45.3 Å². The molecule has 0 bridgehead atoms. The molecule has 0 aliphatic heterocycles. The summed E-state index contributed by atoms with van der Waals surface area (Å²) in [6, 6.07) is 8.99. The summed E-state index contributed by atoms with van der Waals surface area (Å²) in [5.74, 6) is 0.274. The van der Waals surface area contributed by atoms with Crippen LogP contribution in [0.2, 0.25) is 5.02 Å². The van der Waals surface area contributed by atoms with E-state index in [1.807, 2.05) is 18.2 Å². The van der Waals surface area contributed by atoms with E-state index in [9.17, 15) is 4.79 Å². The van der Waals surface area contributed by atoms with Gasteiger partial charge in [-0.15, -0.1) is 0 Å². The second kappa shape index (κ2) is 7.25. The monoisotopic (exact) mass is 420 g/mol. The number of amides is 1. The van der Waals surface area contributed by atoms with E-state index in [0.29, 0.717) is 27.8 Å². The molecule has 0 atom stereocenters. The predicted octanol–water partition coefficient (Wildman–Crippen LogP) is 3.83. The van der Waals surface area contributed by atoms with Crippen molar-refractivity contribution in [1.82, 2.24) is 14.8 Å². The first kappa shape index (κ1) is 17.4. The molecule has 0 aliphatic carbocycles. The molecular formula is C17H14BrClN4O2. The molecule has 0 spiro atoms. The van der Waals surface area contributed by atoms with Crippen LogP contribution in [0.15, 0.2) is 46.1 Å². The number of aryl methyl sites for hydroxylation is 1. The first-order chi connectivity index (χ1) is 12.0. The number of hydrazone groups is 1. The highest BCUT2D eigenvalue weighted by molar-refractivity contribution is 9.10. The average molecular weight is 422 g/mol. The van der Waals surface area contributed by atoms with Crippen LogP contribution in [0.5, 0.6) is 5.75 Å². The van der Waals surface area contributed by atoms with Gasteiger partial charge in [0.25, 0.3) is 5.91 Å². The van der Waals surface area contributed by atoms with Crippen molar-refractivity contribution in [2.75, 3.05) is 7.11 Å². The summed E-state index contributed by atoms with van der Waals surface area (Å²) in [5.41, 5.74) is 4.86. The lowest BCUT2D eigenvalue weighted by molar-refractivity contribution is 0.0948. The van der Waals surface area contributed by atoms with E-state index in [1.54, 1.807) is 36.8 Å². The number of rotatable bonds is 4. The highest BCUT2D eigenvalue weighted by Crippen LogP contribution is 2.21. The van der Waals surface area contributed by atoms with E-state index in [-0.39, 0.29) is 5.91 Å². The number of aromatic nitrogens is 2. The Balaban J connectivity index is 1.85. The molecule has 2 aromatic heterocycles. The number of methoxy groups -OCH3 is 1. The van der Waals surface area contributed by atoms with Gasteiger partial charge in [0.05, 0.1) is 24.0 Å². The van der Waals surface area contributed by atoms with E-state index in [0.717, 1.165) is 10.0 Å². The lowest BCUT2D eigenvalue weighted by Gasteiger charge is -2.05. The lowest BCUT2D eigenvalue weighted by Crippen LogP contribution is -2.20. The zero-order valence-corrected chi connectivity index (χ0v) is 15.8. The van der Waals surface area contributed by atoms with E-state index in [2.05, 4.69) is 31.4 Å². The normalized spacial score (nSPS) is 11.2. The summed E-state index contributed by atoms with van der Waals surface area (Å²) in [7, 11) is 1.57. The number of nitrogens with one attached hydrogen (secondary N) is 1. The van der Waals surface area contributed by atoms with E-state index in [4.69, 9.17) is 16.3 Å². The number of benzene rings is 1. The summed E-state index contributed by atoms with van der Waals surface area (Å²) in [6.07, 6.45) is 3.17. The van der Waals surface area contributed by atoms with Crippen LogP contribution in [0, 0.1) is 6.92 Å². The van der Waals surface area contributed by atoms with Gasteiger partial charge in [0.1, 0.15) is 17.1 Å². The Morgan fingerprint density at radius 2 is 2.20 bits per heavy atom. The van der Waals surface area contributed by atoms with Gasteiger partial charge < -0.3 is 4.74 Å². The van der Waals surface area contributed by atoms with Gasteiger partial charge in [0, 0.05) is 16.2 Å². The minimum atomic E-state index is -0.377. The van der Waals surface area contributed by atoms with Gasteiger partial charge in [-0.2, -0.15) is 5.10 Å². The number of fused-ring (bicyclic) bond motifs is 1. The largest absolute Gasteiger partial charge is 0.496 e. The molecule has 25 heavy (non-hydrogen) atoms. The van der Waals surface area contributed by atoms with Gasteiger partial charge in [0.2, 0.25) is 0 Å². The first-order valence-electron chi connectivity index (χ1n) is 7.30. The number of imidazole rings is 1. The van der Waals surface area contributed by atoms with Crippen LogP contribution < -0.4 is 10.2 Å². The topological polar surface area (TPSA) is 68.0 Å². The van der Waals surface area contributed by atoms with Gasteiger partial charge in [0.15, 0.2) is 0 Å². The first-order valence-corrected chi connectivity index (χ1v) is 8.48. The Kier molecular flexibility index (Phi) is 5.06. The maximum Gasteiger partial charge on any atom is 0.290 e. The molecular weight excluding hydrogens is 408 g/mol. The van der Waals surface area contributed by atoms with Crippen LogP contribution in [0.4, 0.5) is 0 Å². The molecule has 0 aliphatic rings. The molecule has 3 rings (SSSR count). The van der Waals surface area contributed by atoms with Crippen molar-refractivity contribution in [3.8, 4) is 5.75 Å². The average Bonchev–Trinajstić information content (AvgIpc) is 2.90. The second-order valence-corrected chi connectivity index (χ2v) is 6.56. The summed E-state index contributed by atoms with van der Waals surface area (Å²) < 4.78 is 7.79. The molecule has 0 saturated heterocycles. The molecule has 1 aromatic carbocycles. The van der Waals surface area contributed by atoms with Crippen molar-refractivity contribution in [3.05, 3.63) is 63.0 Å². The fourth-order valence-corrected chi connectivity index (χ4v) is 2.97. The summed E-state index contributed by atoms with van der Waals surface area (Å²) >= 11 is 9.40.